The van der Waals surface area contributed by atoms with Gasteiger partial charge in [-0.2, -0.15) is 0 Å². The van der Waals surface area contributed by atoms with E-state index in [1.54, 1.807) is 18.0 Å². The van der Waals surface area contributed by atoms with Crippen LogP contribution in [0, 0.1) is 6.92 Å². The summed E-state index contributed by atoms with van der Waals surface area (Å²) < 4.78 is 5.94. The Bertz CT molecular complexity index is 869. The molecular weight excluding hydrogens is 344 g/mol. The first-order valence-corrected chi connectivity index (χ1v) is 9.46. The third kappa shape index (κ3) is 5.36. The van der Waals surface area contributed by atoms with Crippen LogP contribution in [0.2, 0.25) is 0 Å². The predicted octanol–water partition coefficient (Wildman–Crippen LogP) is 5.05. The Morgan fingerprint density at radius 3 is 2.81 bits per heavy atom. The lowest BCUT2D eigenvalue weighted by Gasteiger charge is -2.12. The van der Waals surface area contributed by atoms with Gasteiger partial charge >= 0.3 is 0 Å². The SMILES string of the molecule is Cc1cccc(Oc2ccccc2NC(=O)CSCc2cccnc2)c1. The zero-order valence-corrected chi connectivity index (χ0v) is 15.3. The van der Waals surface area contributed by atoms with Gasteiger partial charge in [0.2, 0.25) is 5.91 Å². The van der Waals surface area contributed by atoms with Crippen LogP contribution in [-0.2, 0) is 10.5 Å². The Balaban J connectivity index is 1.58. The summed E-state index contributed by atoms with van der Waals surface area (Å²) in [5.41, 5.74) is 2.89. The van der Waals surface area contributed by atoms with E-state index in [-0.39, 0.29) is 5.91 Å². The van der Waals surface area contributed by atoms with Crippen molar-refractivity contribution in [3.8, 4) is 11.5 Å². The second-order valence-corrected chi connectivity index (χ2v) is 6.80. The number of hydrogen-bond acceptors (Lipinski definition) is 4. The second-order valence-electron chi connectivity index (χ2n) is 5.82. The summed E-state index contributed by atoms with van der Waals surface area (Å²) >= 11 is 1.55. The van der Waals surface area contributed by atoms with Crippen molar-refractivity contribution in [2.75, 3.05) is 11.1 Å². The first-order valence-electron chi connectivity index (χ1n) is 8.31. The number of aromatic nitrogens is 1. The summed E-state index contributed by atoms with van der Waals surface area (Å²) in [6.45, 7) is 2.01. The Hall–Kier alpha value is -2.79. The molecule has 1 amide bonds. The lowest BCUT2D eigenvalue weighted by molar-refractivity contribution is -0.113. The maximum absolute atomic E-state index is 12.3. The Morgan fingerprint density at radius 1 is 1.12 bits per heavy atom. The number of carbonyl (C=O) groups is 1. The first-order chi connectivity index (χ1) is 12.7. The Kier molecular flexibility index (Phi) is 6.28. The van der Waals surface area contributed by atoms with Gasteiger partial charge in [0.15, 0.2) is 5.75 Å². The molecule has 0 aliphatic rings. The number of pyridine rings is 1. The molecule has 3 aromatic rings. The molecule has 1 aromatic heterocycles. The largest absolute Gasteiger partial charge is 0.455 e. The van der Waals surface area contributed by atoms with Crippen molar-refractivity contribution in [1.82, 2.24) is 4.98 Å². The topological polar surface area (TPSA) is 51.2 Å². The number of para-hydroxylation sites is 2. The summed E-state index contributed by atoms with van der Waals surface area (Å²) in [5, 5.41) is 2.93. The molecule has 1 N–H and O–H groups in total. The highest BCUT2D eigenvalue weighted by molar-refractivity contribution is 7.99. The minimum atomic E-state index is -0.0563. The highest BCUT2D eigenvalue weighted by Gasteiger charge is 2.09. The summed E-state index contributed by atoms with van der Waals surface area (Å²) in [6.07, 6.45) is 3.56. The molecule has 132 valence electrons. The van der Waals surface area contributed by atoms with E-state index in [0.29, 0.717) is 17.2 Å². The summed E-state index contributed by atoms with van der Waals surface area (Å²) in [6, 6.07) is 19.2. The van der Waals surface area contributed by atoms with Crippen LogP contribution < -0.4 is 10.1 Å². The highest BCUT2D eigenvalue weighted by Crippen LogP contribution is 2.29. The zero-order valence-electron chi connectivity index (χ0n) is 14.5. The van der Waals surface area contributed by atoms with Crippen LogP contribution in [0.4, 0.5) is 5.69 Å². The van der Waals surface area contributed by atoms with Crippen molar-refractivity contribution in [2.45, 2.75) is 12.7 Å². The third-order valence-electron chi connectivity index (χ3n) is 3.60. The van der Waals surface area contributed by atoms with Crippen molar-refractivity contribution in [2.24, 2.45) is 0 Å². The average Bonchev–Trinajstić information content (AvgIpc) is 2.64. The molecule has 5 heteroatoms. The molecule has 0 aliphatic heterocycles. The van der Waals surface area contributed by atoms with Crippen LogP contribution in [0.15, 0.2) is 73.1 Å². The van der Waals surface area contributed by atoms with Gasteiger partial charge in [-0.3, -0.25) is 9.78 Å². The van der Waals surface area contributed by atoms with Gasteiger partial charge in [-0.1, -0.05) is 30.3 Å². The number of anilines is 1. The van der Waals surface area contributed by atoms with Gasteiger partial charge in [-0.25, -0.2) is 0 Å². The number of nitrogens with zero attached hydrogens (tertiary/aromatic N) is 1. The minimum absolute atomic E-state index is 0.0563. The average molecular weight is 364 g/mol. The quantitative estimate of drug-likeness (QED) is 0.637. The number of thioether (sulfide) groups is 1. The van der Waals surface area contributed by atoms with Crippen LogP contribution in [0.5, 0.6) is 11.5 Å². The molecule has 0 atom stereocenters. The maximum Gasteiger partial charge on any atom is 0.234 e. The molecule has 0 fully saturated rings. The van der Waals surface area contributed by atoms with Gasteiger partial charge in [-0.15, -0.1) is 11.8 Å². The predicted molar refractivity (Wildman–Crippen MR) is 107 cm³/mol. The van der Waals surface area contributed by atoms with Crippen LogP contribution >= 0.6 is 11.8 Å². The number of carbonyl (C=O) groups excluding carboxylic acids is 1. The Morgan fingerprint density at radius 2 is 2.00 bits per heavy atom. The van der Waals surface area contributed by atoms with Gasteiger partial charge < -0.3 is 10.1 Å². The first kappa shape index (κ1) is 18.0. The fraction of sp³-hybridized carbons (Fsp3) is 0.143. The molecule has 0 bridgehead atoms. The van der Waals surface area contributed by atoms with Crippen molar-refractivity contribution in [3.05, 3.63) is 84.2 Å². The summed E-state index contributed by atoms with van der Waals surface area (Å²) in [7, 11) is 0. The van der Waals surface area contributed by atoms with Crippen molar-refractivity contribution < 1.29 is 9.53 Å². The van der Waals surface area contributed by atoms with E-state index in [1.165, 1.54) is 0 Å². The highest BCUT2D eigenvalue weighted by atomic mass is 32.2. The molecule has 0 saturated heterocycles. The molecule has 1 heterocycles. The van der Waals surface area contributed by atoms with E-state index in [1.807, 2.05) is 73.8 Å². The van der Waals surface area contributed by atoms with E-state index >= 15 is 0 Å². The maximum atomic E-state index is 12.3. The van der Waals surface area contributed by atoms with Crippen molar-refractivity contribution in [3.63, 3.8) is 0 Å². The summed E-state index contributed by atoms with van der Waals surface area (Å²) in [5.74, 6) is 2.44. The summed E-state index contributed by atoms with van der Waals surface area (Å²) in [4.78, 5) is 16.3. The second kappa shape index (κ2) is 9.06. The van der Waals surface area contributed by atoms with Gasteiger partial charge in [0.05, 0.1) is 11.4 Å². The van der Waals surface area contributed by atoms with Crippen LogP contribution in [0.1, 0.15) is 11.1 Å². The fourth-order valence-electron chi connectivity index (χ4n) is 2.40. The molecule has 2 aromatic carbocycles. The van der Waals surface area contributed by atoms with Crippen LogP contribution in [0.25, 0.3) is 0 Å². The monoisotopic (exact) mass is 364 g/mol. The lowest BCUT2D eigenvalue weighted by atomic mass is 10.2. The fourth-order valence-corrected chi connectivity index (χ4v) is 3.16. The van der Waals surface area contributed by atoms with Crippen molar-refractivity contribution >= 4 is 23.4 Å². The van der Waals surface area contributed by atoms with Gasteiger partial charge in [-0.05, 0) is 48.4 Å². The minimum Gasteiger partial charge on any atom is -0.455 e. The number of nitrogens with one attached hydrogen (secondary N) is 1. The molecule has 26 heavy (non-hydrogen) atoms. The van der Waals surface area contributed by atoms with E-state index < -0.39 is 0 Å². The number of benzene rings is 2. The smallest absolute Gasteiger partial charge is 0.234 e. The standard InChI is InChI=1S/C21H20N2O2S/c1-16-6-4-8-18(12-16)25-20-10-3-2-9-19(20)23-21(24)15-26-14-17-7-5-11-22-13-17/h2-13H,14-15H2,1H3,(H,23,24). The van der Waals surface area contributed by atoms with Crippen LogP contribution in [0.3, 0.4) is 0 Å². The number of aryl methyl sites for hydroxylation is 1. The number of amides is 1. The lowest BCUT2D eigenvalue weighted by Crippen LogP contribution is -2.14. The zero-order chi connectivity index (χ0) is 18.2. The molecule has 0 unspecified atom stereocenters. The van der Waals surface area contributed by atoms with Crippen molar-refractivity contribution in [1.29, 1.82) is 0 Å². The molecule has 0 spiro atoms. The normalized spacial score (nSPS) is 10.3. The van der Waals surface area contributed by atoms with E-state index in [9.17, 15) is 4.79 Å². The Labute approximate surface area is 157 Å². The number of hydrogen-bond donors (Lipinski definition) is 1. The molecule has 0 radical (unpaired) electrons. The third-order valence-corrected chi connectivity index (χ3v) is 4.61. The molecular formula is C21H20N2O2S. The van der Waals surface area contributed by atoms with Crippen LogP contribution in [-0.4, -0.2) is 16.6 Å². The van der Waals surface area contributed by atoms with E-state index in [2.05, 4.69) is 10.3 Å². The molecule has 3 rings (SSSR count). The molecule has 4 nitrogen and oxygen atoms in total. The van der Waals surface area contributed by atoms with E-state index in [0.717, 1.165) is 22.6 Å². The molecule has 0 saturated carbocycles. The number of rotatable bonds is 7. The molecule has 0 aliphatic carbocycles. The van der Waals surface area contributed by atoms with Gasteiger partial charge in [0.1, 0.15) is 5.75 Å². The van der Waals surface area contributed by atoms with Gasteiger partial charge in [0, 0.05) is 18.1 Å². The number of ether oxygens (including phenoxy) is 1. The van der Waals surface area contributed by atoms with E-state index in [4.69, 9.17) is 4.74 Å². The van der Waals surface area contributed by atoms with Gasteiger partial charge in [0.25, 0.3) is 0 Å².